The molecule has 5 rings (SSSR count). The van der Waals surface area contributed by atoms with Crippen LogP contribution < -0.4 is 0 Å². The zero-order valence-electron chi connectivity index (χ0n) is 28.2. The van der Waals surface area contributed by atoms with Crippen LogP contribution >= 0.6 is 0 Å². The summed E-state index contributed by atoms with van der Waals surface area (Å²) in [6.07, 6.45) is 13.4. The number of nitrogens with zero attached hydrogens (tertiary/aromatic N) is 1. The Hall–Kier alpha value is -2.27. The highest BCUT2D eigenvalue weighted by atomic mass is 32.2. The number of ether oxygens (including phenoxy) is 1. The first-order chi connectivity index (χ1) is 21.5. The van der Waals surface area contributed by atoms with E-state index in [2.05, 4.69) is 40.7 Å². The standard InChI is InChI=1S/C35H53NO9S/c1-21(2)7-6-8-22(3)26-11-12-27-25-10-9-23-19-24(15-17-34(23,4)28(25)16-18-35(26,27)5)44-31(38)13-14-32(39)45-36-30(37)20-29(33(36)40)46(41,42)43/h9,21-22,24-29H,6-8,10-20H2,1-5H3,(H,41,42,43)/t22-,24+,25+,26-,27+,28+,29-,34+,35-/m1/s1. The number of hydrogen-bond acceptors (Lipinski definition) is 8. The van der Waals surface area contributed by atoms with Crippen molar-refractivity contribution in [1.82, 2.24) is 5.06 Å². The highest BCUT2D eigenvalue weighted by molar-refractivity contribution is 7.87. The van der Waals surface area contributed by atoms with E-state index in [-0.39, 0.29) is 23.0 Å². The van der Waals surface area contributed by atoms with Crippen LogP contribution in [0.5, 0.6) is 0 Å². The minimum atomic E-state index is -4.81. The van der Waals surface area contributed by atoms with E-state index in [1.54, 1.807) is 0 Å². The molecule has 0 bridgehead atoms. The normalized spacial score (nSPS) is 36.5. The lowest BCUT2D eigenvalue weighted by molar-refractivity contribution is -0.197. The van der Waals surface area contributed by atoms with Crippen molar-refractivity contribution in [3.05, 3.63) is 11.6 Å². The second-order valence-electron chi connectivity index (χ2n) is 15.8. The van der Waals surface area contributed by atoms with Gasteiger partial charge in [0, 0.05) is 6.42 Å². The maximum Gasteiger partial charge on any atom is 0.333 e. The predicted molar refractivity (Wildman–Crippen MR) is 170 cm³/mol. The van der Waals surface area contributed by atoms with Gasteiger partial charge >= 0.3 is 11.9 Å². The molecular weight excluding hydrogens is 610 g/mol. The molecule has 10 nitrogen and oxygen atoms in total. The third-order valence-corrected chi connectivity index (χ3v) is 13.8. The van der Waals surface area contributed by atoms with Gasteiger partial charge in [0.1, 0.15) is 6.10 Å². The van der Waals surface area contributed by atoms with Crippen LogP contribution in [0.4, 0.5) is 0 Å². The Morgan fingerprint density at radius 2 is 1.70 bits per heavy atom. The number of amides is 2. The molecule has 0 unspecified atom stereocenters. The van der Waals surface area contributed by atoms with Crippen LogP contribution in [0.1, 0.15) is 125 Å². The number of fused-ring (bicyclic) bond motifs is 5. The highest BCUT2D eigenvalue weighted by Crippen LogP contribution is 2.67. The summed E-state index contributed by atoms with van der Waals surface area (Å²) in [6, 6.07) is 0. The summed E-state index contributed by atoms with van der Waals surface area (Å²) >= 11 is 0. The van der Waals surface area contributed by atoms with Crippen molar-refractivity contribution in [3.63, 3.8) is 0 Å². The van der Waals surface area contributed by atoms with Crippen LogP contribution in [0.15, 0.2) is 11.6 Å². The molecule has 0 aromatic heterocycles. The average Bonchev–Trinajstić information content (AvgIpc) is 3.47. The van der Waals surface area contributed by atoms with E-state index < -0.39 is 52.0 Å². The molecule has 4 fully saturated rings. The van der Waals surface area contributed by atoms with Crippen LogP contribution in [0, 0.1) is 46.3 Å². The van der Waals surface area contributed by atoms with Gasteiger partial charge < -0.3 is 9.57 Å². The van der Waals surface area contributed by atoms with Gasteiger partial charge in [-0.25, -0.2) is 4.79 Å². The number of hydroxylamine groups is 2. The van der Waals surface area contributed by atoms with E-state index in [4.69, 9.17) is 14.1 Å². The summed E-state index contributed by atoms with van der Waals surface area (Å²) in [5, 5.41) is -1.95. The molecule has 258 valence electrons. The Bertz CT molecular complexity index is 1360. The Labute approximate surface area is 274 Å². The van der Waals surface area contributed by atoms with Crippen LogP contribution in [0.2, 0.25) is 0 Å². The van der Waals surface area contributed by atoms with Gasteiger partial charge in [0.2, 0.25) is 0 Å². The summed E-state index contributed by atoms with van der Waals surface area (Å²) in [5.74, 6) is 0.520. The molecule has 2 amide bonds. The SMILES string of the molecule is CC(C)CCC[C@@H](C)[C@H]1CC[C@H]2[C@@H]3CC=C4C[C@@H](OC(=O)CCC(=O)ON5C(=O)C[C@@H](S(=O)(=O)O)C5=O)CC[C@]4(C)[C@H]3CC[C@]12C. The average molecular weight is 664 g/mol. The topological polar surface area (TPSA) is 144 Å². The number of allylic oxidation sites excluding steroid dienone is 1. The van der Waals surface area contributed by atoms with Gasteiger partial charge in [-0.2, -0.15) is 8.42 Å². The van der Waals surface area contributed by atoms with E-state index in [1.165, 1.54) is 50.5 Å². The quantitative estimate of drug-likeness (QED) is 0.118. The lowest BCUT2D eigenvalue weighted by Gasteiger charge is -2.58. The Morgan fingerprint density at radius 3 is 2.37 bits per heavy atom. The van der Waals surface area contributed by atoms with Crippen molar-refractivity contribution in [3.8, 4) is 0 Å². The predicted octanol–water partition coefficient (Wildman–Crippen LogP) is 6.19. The van der Waals surface area contributed by atoms with Crippen molar-refractivity contribution in [2.24, 2.45) is 46.3 Å². The minimum absolute atomic E-state index is 0.0466. The van der Waals surface area contributed by atoms with Gasteiger partial charge in [0.15, 0.2) is 5.25 Å². The molecular formula is C35H53NO9S. The number of imide groups is 1. The van der Waals surface area contributed by atoms with Gasteiger partial charge in [-0.1, -0.05) is 65.5 Å². The third-order valence-electron chi connectivity index (χ3n) is 12.7. The molecule has 1 aliphatic heterocycles. The van der Waals surface area contributed by atoms with Gasteiger partial charge in [-0.3, -0.25) is 18.9 Å². The smallest absolute Gasteiger partial charge is 0.333 e. The summed E-state index contributed by atoms with van der Waals surface area (Å²) < 4.78 is 37.5. The maximum atomic E-state index is 12.7. The zero-order chi connectivity index (χ0) is 33.6. The number of carbonyl (C=O) groups is 4. The molecule has 46 heavy (non-hydrogen) atoms. The lowest BCUT2D eigenvalue weighted by Crippen LogP contribution is -2.51. The third kappa shape index (κ3) is 6.82. The number of carbonyl (C=O) groups excluding carboxylic acids is 4. The molecule has 5 aliphatic rings. The Kier molecular flexibility index (Phi) is 10.2. The van der Waals surface area contributed by atoms with Crippen LogP contribution in [0.25, 0.3) is 0 Å². The van der Waals surface area contributed by atoms with E-state index in [0.717, 1.165) is 42.9 Å². The fraction of sp³-hybridized carbons (Fsp3) is 0.829. The van der Waals surface area contributed by atoms with Gasteiger partial charge in [0.25, 0.3) is 21.9 Å². The van der Waals surface area contributed by atoms with Crippen LogP contribution in [-0.2, 0) is 38.9 Å². The van der Waals surface area contributed by atoms with Gasteiger partial charge in [-0.05, 0) is 91.3 Å². The molecule has 1 heterocycles. The zero-order valence-corrected chi connectivity index (χ0v) is 29.0. The van der Waals surface area contributed by atoms with Gasteiger partial charge in [-0.15, -0.1) is 5.06 Å². The largest absolute Gasteiger partial charge is 0.462 e. The summed E-state index contributed by atoms with van der Waals surface area (Å²) in [4.78, 5) is 53.6. The summed E-state index contributed by atoms with van der Waals surface area (Å²) in [7, 11) is -4.81. The van der Waals surface area contributed by atoms with E-state index in [0.29, 0.717) is 23.7 Å². The first-order valence-electron chi connectivity index (χ1n) is 17.5. The highest BCUT2D eigenvalue weighted by Gasteiger charge is 2.59. The minimum Gasteiger partial charge on any atom is -0.462 e. The van der Waals surface area contributed by atoms with Crippen molar-refractivity contribution in [1.29, 1.82) is 0 Å². The fourth-order valence-corrected chi connectivity index (χ4v) is 11.0. The van der Waals surface area contributed by atoms with E-state index in [1.807, 2.05) is 0 Å². The molecule has 9 atom stereocenters. The van der Waals surface area contributed by atoms with Crippen LogP contribution in [0.3, 0.4) is 0 Å². The molecule has 1 N–H and O–H groups in total. The van der Waals surface area contributed by atoms with E-state index >= 15 is 0 Å². The molecule has 3 saturated carbocycles. The van der Waals surface area contributed by atoms with Crippen molar-refractivity contribution >= 4 is 33.9 Å². The first-order valence-corrected chi connectivity index (χ1v) is 19.0. The van der Waals surface area contributed by atoms with Crippen molar-refractivity contribution < 1.29 is 41.7 Å². The number of rotatable bonds is 11. The molecule has 0 aromatic rings. The molecule has 11 heteroatoms. The monoisotopic (exact) mass is 663 g/mol. The first kappa shape index (κ1) is 35.0. The molecule has 0 aromatic carbocycles. The molecule has 0 radical (unpaired) electrons. The van der Waals surface area contributed by atoms with Crippen molar-refractivity contribution in [2.45, 2.75) is 136 Å². The van der Waals surface area contributed by atoms with Gasteiger partial charge in [0.05, 0.1) is 19.3 Å². The summed E-state index contributed by atoms with van der Waals surface area (Å²) in [5.41, 5.74) is 1.95. The van der Waals surface area contributed by atoms with E-state index in [9.17, 15) is 27.6 Å². The number of hydrogen-bond donors (Lipinski definition) is 1. The molecule has 4 aliphatic carbocycles. The summed E-state index contributed by atoms with van der Waals surface area (Å²) in [6.45, 7) is 12.2. The Morgan fingerprint density at radius 1 is 0.978 bits per heavy atom. The lowest BCUT2D eigenvalue weighted by atomic mass is 9.47. The fourth-order valence-electron chi connectivity index (χ4n) is 10.3. The van der Waals surface area contributed by atoms with Crippen molar-refractivity contribution in [2.75, 3.05) is 0 Å². The molecule has 0 spiro atoms. The van der Waals surface area contributed by atoms with Crippen LogP contribution in [-0.4, -0.2) is 53.1 Å². The number of esters is 1. The second kappa shape index (κ2) is 13.3. The maximum absolute atomic E-state index is 12.7. The molecule has 1 saturated heterocycles. The second-order valence-corrected chi connectivity index (χ2v) is 17.4. The Balaban J connectivity index is 1.12.